The average molecular weight is 297 g/mol. The fourth-order valence-electron chi connectivity index (χ4n) is 1.75. The minimum atomic E-state index is -0.635. The van der Waals surface area contributed by atoms with Crippen molar-refractivity contribution in [2.75, 3.05) is 5.32 Å². The second-order valence-electron chi connectivity index (χ2n) is 4.09. The molecule has 0 amide bonds. The number of anilines is 2. The highest BCUT2D eigenvalue weighted by Gasteiger charge is 2.23. The molecule has 0 aliphatic heterocycles. The number of halogens is 2. The Bertz CT molecular complexity index is 673. The van der Waals surface area contributed by atoms with Crippen LogP contribution in [0.25, 0.3) is 0 Å². The van der Waals surface area contributed by atoms with Crippen LogP contribution >= 0.6 is 11.6 Å². The van der Waals surface area contributed by atoms with Gasteiger partial charge in [-0.05, 0) is 37.1 Å². The molecule has 0 saturated carbocycles. The van der Waals surface area contributed by atoms with Gasteiger partial charge in [0.25, 0.3) is 0 Å². The first-order valence-corrected chi connectivity index (χ1v) is 5.98. The monoisotopic (exact) mass is 296 g/mol. The van der Waals surface area contributed by atoms with Crippen LogP contribution in [-0.4, -0.2) is 14.9 Å². The Balaban J connectivity index is 2.56. The molecule has 2 rings (SSSR count). The molecule has 1 heterocycles. The lowest BCUT2D eigenvalue weighted by Crippen LogP contribution is -2.06. The lowest BCUT2D eigenvalue weighted by Gasteiger charge is -2.11. The lowest BCUT2D eigenvalue weighted by atomic mass is 10.2. The third-order valence-corrected chi connectivity index (χ3v) is 2.85. The molecule has 0 aliphatic rings. The lowest BCUT2D eigenvalue weighted by molar-refractivity contribution is -0.385. The summed E-state index contributed by atoms with van der Waals surface area (Å²) >= 11 is 5.69. The summed E-state index contributed by atoms with van der Waals surface area (Å²) in [5.74, 6) is -0.674. The maximum absolute atomic E-state index is 13.8. The van der Waals surface area contributed by atoms with Crippen molar-refractivity contribution >= 4 is 28.8 Å². The number of nitrogens with one attached hydrogen (secondary N) is 1. The van der Waals surface area contributed by atoms with E-state index in [9.17, 15) is 14.5 Å². The van der Waals surface area contributed by atoms with Gasteiger partial charge >= 0.3 is 5.69 Å². The van der Waals surface area contributed by atoms with Gasteiger partial charge in [-0.2, -0.15) is 4.98 Å². The third kappa shape index (κ3) is 2.67. The summed E-state index contributed by atoms with van der Waals surface area (Å²) in [6, 6.07) is 4.46. The molecule has 2 aromatic rings. The smallest absolute Gasteiger partial charge is 0.332 e. The van der Waals surface area contributed by atoms with Crippen LogP contribution in [0.1, 0.15) is 11.3 Å². The summed E-state index contributed by atoms with van der Waals surface area (Å²) in [4.78, 5) is 17.9. The van der Waals surface area contributed by atoms with E-state index in [2.05, 4.69) is 15.3 Å². The molecule has 0 spiro atoms. The number of nitrogens with zero attached hydrogens (tertiary/aromatic N) is 3. The Hall–Kier alpha value is -2.28. The van der Waals surface area contributed by atoms with E-state index in [4.69, 9.17) is 11.6 Å². The highest BCUT2D eigenvalue weighted by Crippen LogP contribution is 2.31. The van der Waals surface area contributed by atoms with Gasteiger partial charge in [0.2, 0.25) is 11.1 Å². The number of benzene rings is 1. The molecule has 0 radical (unpaired) electrons. The molecule has 0 aliphatic carbocycles. The zero-order valence-corrected chi connectivity index (χ0v) is 11.4. The van der Waals surface area contributed by atoms with Crippen molar-refractivity contribution < 1.29 is 9.31 Å². The molecule has 20 heavy (non-hydrogen) atoms. The van der Waals surface area contributed by atoms with Gasteiger partial charge in [0, 0.05) is 0 Å². The predicted molar refractivity (Wildman–Crippen MR) is 72.9 cm³/mol. The third-order valence-electron chi connectivity index (χ3n) is 2.68. The molecule has 6 nitrogen and oxygen atoms in total. The zero-order valence-electron chi connectivity index (χ0n) is 10.6. The Kier molecular flexibility index (Phi) is 3.80. The summed E-state index contributed by atoms with van der Waals surface area (Å²) in [5, 5.41) is 13.5. The van der Waals surface area contributed by atoms with Crippen molar-refractivity contribution in [2.45, 2.75) is 13.8 Å². The van der Waals surface area contributed by atoms with Gasteiger partial charge < -0.3 is 5.32 Å². The number of para-hydroxylation sites is 1. The van der Waals surface area contributed by atoms with Gasteiger partial charge in [0.15, 0.2) is 0 Å². The molecule has 0 saturated heterocycles. The molecule has 0 bridgehead atoms. The maximum Gasteiger partial charge on any atom is 0.332 e. The van der Waals surface area contributed by atoms with Crippen molar-refractivity contribution in [3.63, 3.8) is 0 Å². The Morgan fingerprint density at radius 1 is 1.35 bits per heavy atom. The number of aryl methyl sites for hydroxylation is 2. The molecule has 0 atom stereocenters. The quantitative estimate of drug-likeness (QED) is 0.532. The number of nitro groups is 1. The van der Waals surface area contributed by atoms with Crippen molar-refractivity contribution in [3.8, 4) is 0 Å². The van der Waals surface area contributed by atoms with Gasteiger partial charge in [-0.25, -0.2) is 9.37 Å². The van der Waals surface area contributed by atoms with Crippen LogP contribution in [0.3, 0.4) is 0 Å². The van der Waals surface area contributed by atoms with Crippen molar-refractivity contribution in [2.24, 2.45) is 0 Å². The van der Waals surface area contributed by atoms with Crippen LogP contribution < -0.4 is 5.32 Å². The van der Waals surface area contributed by atoms with Crippen LogP contribution in [0.4, 0.5) is 21.6 Å². The molecule has 8 heteroatoms. The van der Waals surface area contributed by atoms with E-state index in [1.54, 1.807) is 19.1 Å². The topological polar surface area (TPSA) is 81.0 Å². The van der Waals surface area contributed by atoms with E-state index >= 15 is 0 Å². The first-order valence-electron chi connectivity index (χ1n) is 5.61. The number of rotatable bonds is 3. The van der Waals surface area contributed by atoms with Gasteiger partial charge in [-0.1, -0.05) is 12.1 Å². The van der Waals surface area contributed by atoms with E-state index in [1.807, 2.05) is 0 Å². The summed E-state index contributed by atoms with van der Waals surface area (Å²) in [6.07, 6.45) is 0. The SMILES string of the molecule is Cc1cccc(F)c1Nc1nc(Cl)nc(C)c1[N+](=O)[O-]. The highest BCUT2D eigenvalue weighted by atomic mass is 35.5. The molecule has 0 fully saturated rings. The average Bonchev–Trinajstić information content (AvgIpc) is 2.32. The number of hydrogen-bond donors (Lipinski definition) is 1. The van der Waals surface area contributed by atoms with Gasteiger partial charge in [0.1, 0.15) is 11.5 Å². The molecule has 1 aromatic carbocycles. The summed E-state index contributed by atoms with van der Waals surface area (Å²) < 4.78 is 13.8. The van der Waals surface area contributed by atoms with E-state index in [1.165, 1.54) is 13.0 Å². The van der Waals surface area contributed by atoms with E-state index < -0.39 is 10.7 Å². The summed E-state index contributed by atoms with van der Waals surface area (Å²) in [6.45, 7) is 3.11. The maximum atomic E-state index is 13.8. The van der Waals surface area contributed by atoms with Crippen LogP contribution in [0.2, 0.25) is 5.28 Å². The van der Waals surface area contributed by atoms with E-state index in [0.717, 1.165) is 0 Å². The molecular weight excluding hydrogens is 287 g/mol. The van der Waals surface area contributed by atoms with Crippen molar-refractivity contribution in [3.05, 3.63) is 50.7 Å². The van der Waals surface area contributed by atoms with Crippen LogP contribution in [0, 0.1) is 29.8 Å². The fraction of sp³-hybridized carbons (Fsp3) is 0.167. The second-order valence-corrected chi connectivity index (χ2v) is 4.43. The molecule has 0 unspecified atom stereocenters. The first-order chi connectivity index (χ1) is 9.40. The first kappa shape index (κ1) is 14.1. The van der Waals surface area contributed by atoms with E-state index in [-0.39, 0.29) is 28.2 Å². The molecular formula is C12H10ClFN4O2. The number of hydrogen-bond acceptors (Lipinski definition) is 5. The summed E-state index contributed by atoms with van der Waals surface area (Å²) in [7, 11) is 0. The standard InChI is InChI=1S/C12H10ClFN4O2/c1-6-4-3-5-8(14)9(6)16-11-10(18(19)20)7(2)15-12(13)17-11/h3-5H,1-2H3,(H,15,16,17). The highest BCUT2D eigenvalue weighted by molar-refractivity contribution is 6.28. The summed E-state index contributed by atoms with van der Waals surface area (Å²) in [5.41, 5.74) is 0.472. The minimum Gasteiger partial charge on any atom is -0.332 e. The van der Waals surface area contributed by atoms with Crippen LogP contribution in [0.5, 0.6) is 0 Å². The zero-order chi connectivity index (χ0) is 14.9. The van der Waals surface area contributed by atoms with Crippen LogP contribution in [-0.2, 0) is 0 Å². The second kappa shape index (κ2) is 5.38. The van der Waals surface area contributed by atoms with Crippen molar-refractivity contribution in [1.29, 1.82) is 0 Å². The largest absolute Gasteiger partial charge is 0.332 e. The Morgan fingerprint density at radius 3 is 2.65 bits per heavy atom. The Morgan fingerprint density at radius 2 is 2.05 bits per heavy atom. The van der Waals surface area contributed by atoms with Gasteiger partial charge in [-0.15, -0.1) is 0 Å². The van der Waals surface area contributed by atoms with E-state index in [0.29, 0.717) is 5.56 Å². The fourth-order valence-corrected chi connectivity index (χ4v) is 1.96. The molecule has 1 N–H and O–H groups in total. The molecule has 104 valence electrons. The Labute approximate surface area is 118 Å². The predicted octanol–water partition coefficient (Wildman–Crippen LogP) is 3.54. The van der Waals surface area contributed by atoms with Gasteiger partial charge in [0.05, 0.1) is 10.6 Å². The van der Waals surface area contributed by atoms with Gasteiger partial charge in [-0.3, -0.25) is 10.1 Å². The minimum absolute atomic E-state index is 0.103. The van der Waals surface area contributed by atoms with Crippen molar-refractivity contribution in [1.82, 2.24) is 9.97 Å². The number of aromatic nitrogens is 2. The molecule has 1 aromatic heterocycles. The van der Waals surface area contributed by atoms with Crippen LogP contribution in [0.15, 0.2) is 18.2 Å². The normalized spacial score (nSPS) is 10.4.